The van der Waals surface area contributed by atoms with Crippen molar-refractivity contribution in [2.45, 2.75) is 44.1 Å². The highest BCUT2D eigenvalue weighted by Crippen LogP contribution is 2.30. The van der Waals surface area contributed by atoms with E-state index in [4.69, 9.17) is 0 Å². The number of amides is 1. The molecular weight excluding hydrogens is 312 g/mol. The second-order valence-corrected chi connectivity index (χ2v) is 7.25. The van der Waals surface area contributed by atoms with Gasteiger partial charge in [0.15, 0.2) is 0 Å². The van der Waals surface area contributed by atoms with Gasteiger partial charge in [-0.2, -0.15) is 5.10 Å². The molecule has 1 saturated carbocycles. The summed E-state index contributed by atoms with van der Waals surface area (Å²) >= 11 is 0. The molecule has 0 aliphatic heterocycles. The molecule has 0 saturated heterocycles. The van der Waals surface area contributed by atoms with Crippen LogP contribution in [-0.2, 0) is 0 Å². The van der Waals surface area contributed by atoms with Crippen molar-refractivity contribution in [3.8, 4) is 11.3 Å². The Labute approximate surface area is 149 Å². The SMILES string of the molecule is CN(C)C1(CNC(=O)c2cc(-c3ccccc3)n[nH]2)CCCCCC1. The first-order chi connectivity index (χ1) is 12.1. The zero-order chi connectivity index (χ0) is 17.7. The van der Waals surface area contributed by atoms with Gasteiger partial charge < -0.3 is 10.2 Å². The van der Waals surface area contributed by atoms with Crippen LogP contribution in [0.4, 0.5) is 0 Å². The summed E-state index contributed by atoms with van der Waals surface area (Å²) in [4.78, 5) is 14.9. The van der Waals surface area contributed by atoms with Crippen molar-refractivity contribution in [3.05, 3.63) is 42.1 Å². The molecule has 1 aromatic carbocycles. The Bertz CT molecular complexity index is 685. The lowest BCUT2D eigenvalue weighted by Crippen LogP contribution is -2.52. The van der Waals surface area contributed by atoms with Gasteiger partial charge in [-0.05, 0) is 33.0 Å². The summed E-state index contributed by atoms with van der Waals surface area (Å²) in [6.07, 6.45) is 7.33. The largest absolute Gasteiger partial charge is 0.349 e. The van der Waals surface area contributed by atoms with E-state index in [0.717, 1.165) is 24.1 Å². The number of aromatic amines is 1. The van der Waals surface area contributed by atoms with Crippen molar-refractivity contribution in [3.63, 3.8) is 0 Å². The summed E-state index contributed by atoms with van der Waals surface area (Å²) in [6, 6.07) is 11.7. The highest BCUT2D eigenvalue weighted by Gasteiger charge is 2.33. The smallest absolute Gasteiger partial charge is 0.269 e. The van der Waals surface area contributed by atoms with Gasteiger partial charge in [-0.25, -0.2) is 0 Å². The highest BCUT2D eigenvalue weighted by molar-refractivity contribution is 5.93. The molecule has 0 atom stereocenters. The minimum atomic E-state index is -0.0832. The first-order valence-electron chi connectivity index (χ1n) is 9.17. The Kier molecular flexibility index (Phi) is 5.53. The molecule has 2 aromatic rings. The Hall–Kier alpha value is -2.14. The summed E-state index contributed by atoms with van der Waals surface area (Å²) < 4.78 is 0. The lowest BCUT2D eigenvalue weighted by atomic mass is 9.88. The third kappa shape index (κ3) is 4.10. The summed E-state index contributed by atoms with van der Waals surface area (Å²) in [6.45, 7) is 0.679. The number of carbonyl (C=O) groups is 1. The number of carbonyl (C=O) groups excluding carboxylic acids is 1. The van der Waals surface area contributed by atoms with Crippen LogP contribution in [0.5, 0.6) is 0 Å². The Morgan fingerprint density at radius 2 is 1.84 bits per heavy atom. The van der Waals surface area contributed by atoms with E-state index in [1.807, 2.05) is 36.4 Å². The molecule has 134 valence electrons. The van der Waals surface area contributed by atoms with E-state index < -0.39 is 0 Å². The fourth-order valence-corrected chi connectivity index (χ4v) is 3.70. The van der Waals surface area contributed by atoms with Gasteiger partial charge in [-0.1, -0.05) is 56.0 Å². The minimum Gasteiger partial charge on any atom is -0.349 e. The predicted molar refractivity (Wildman–Crippen MR) is 100 cm³/mol. The summed E-state index contributed by atoms with van der Waals surface area (Å²) in [5, 5.41) is 10.3. The Balaban J connectivity index is 1.66. The van der Waals surface area contributed by atoms with Crippen LogP contribution in [0.2, 0.25) is 0 Å². The fourth-order valence-electron chi connectivity index (χ4n) is 3.70. The van der Waals surface area contributed by atoms with Gasteiger partial charge in [0.25, 0.3) is 5.91 Å². The van der Waals surface area contributed by atoms with Crippen molar-refractivity contribution in [2.24, 2.45) is 0 Å². The number of nitrogens with zero attached hydrogens (tertiary/aromatic N) is 2. The fraction of sp³-hybridized carbons (Fsp3) is 0.500. The molecule has 1 aliphatic carbocycles. The van der Waals surface area contributed by atoms with Gasteiger partial charge in [0.1, 0.15) is 5.69 Å². The van der Waals surface area contributed by atoms with E-state index in [9.17, 15) is 4.79 Å². The topological polar surface area (TPSA) is 61.0 Å². The second-order valence-electron chi connectivity index (χ2n) is 7.25. The number of H-pyrrole nitrogens is 1. The zero-order valence-electron chi connectivity index (χ0n) is 15.2. The van der Waals surface area contributed by atoms with Gasteiger partial charge in [-0.3, -0.25) is 9.89 Å². The standard InChI is InChI=1S/C20H28N4O/c1-24(2)20(12-8-3-4-9-13-20)15-21-19(25)18-14-17(22-23-18)16-10-6-5-7-11-16/h5-7,10-11,14H,3-4,8-9,12-13,15H2,1-2H3,(H,21,25)(H,22,23). The zero-order valence-corrected chi connectivity index (χ0v) is 15.2. The van der Waals surface area contributed by atoms with Crippen LogP contribution in [-0.4, -0.2) is 47.2 Å². The van der Waals surface area contributed by atoms with Gasteiger partial charge in [0, 0.05) is 17.6 Å². The molecule has 1 fully saturated rings. The Morgan fingerprint density at radius 3 is 2.48 bits per heavy atom. The molecule has 2 N–H and O–H groups in total. The predicted octanol–water partition coefficient (Wildman–Crippen LogP) is 3.46. The molecule has 0 radical (unpaired) electrons. The lowest BCUT2D eigenvalue weighted by molar-refractivity contribution is 0.0864. The van der Waals surface area contributed by atoms with Gasteiger partial charge in [0.05, 0.1) is 5.69 Å². The normalized spacial score (nSPS) is 17.2. The van der Waals surface area contributed by atoms with Crippen molar-refractivity contribution >= 4 is 5.91 Å². The molecule has 1 heterocycles. The molecule has 0 spiro atoms. The van der Waals surface area contributed by atoms with Crippen LogP contribution in [0.3, 0.4) is 0 Å². The second kappa shape index (κ2) is 7.83. The molecule has 0 bridgehead atoms. The van der Waals surface area contributed by atoms with Crippen molar-refractivity contribution in [1.82, 2.24) is 20.4 Å². The lowest BCUT2D eigenvalue weighted by Gasteiger charge is -2.39. The number of benzene rings is 1. The van der Waals surface area contributed by atoms with Crippen LogP contribution in [0.25, 0.3) is 11.3 Å². The van der Waals surface area contributed by atoms with Crippen molar-refractivity contribution in [1.29, 1.82) is 0 Å². The van der Waals surface area contributed by atoms with E-state index in [0.29, 0.717) is 12.2 Å². The van der Waals surface area contributed by atoms with E-state index >= 15 is 0 Å². The molecule has 1 aliphatic rings. The van der Waals surface area contributed by atoms with Crippen LogP contribution >= 0.6 is 0 Å². The van der Waals surface area contributed by atoms with Gasteiger partial charge >= 0.3 is 0 Å². The third-order valence-electron chi connectivity index (χ3n) is 5.45. The van der Waals surface area contributed by atoms with Crippen LogP contribution in [0.1, 0.15) is 49.0 Å². The highest BCUT2D eigenvalue weighted by atomic mass is 16.1. The first-order valence-corrected chi connectivity index (χ1v) is 9.17. The minimum absolute atomic E-state index is 0.0639. The maximum atomic E-state index is 12.6. The monoisotopic (exact) mass is 340 g/mol. The number of aromatic nitrogens is 2. The van der Waals surface area contributed by atoms with Crippen molar-refractivity contribution in [2.75, 3.05) is 20.6 Å². The maximum Gasteiger partial charge on any atom is 0.269 e. The van der Waals surface area contributed by atoms with Crippen LogP contribution in [0.15, 0.2) is 36.4 Å². The molecular formula is C20H28N4O. The summed E-state index contributed by atoms with van der Waals surface area (Å²) in [5.41, 5.74) is 2.38. The maximum absolute atomic E-state index is 12.6. The number of nitrogens with one attached hydrogen (secondary N) is 2. The van der Waals surface area contributed by atoms with E-state index in [2.05, 4.69) is 34.5 Å². The Morgan fingerprint density at radius 1 is 1.16 bits per heavy atom. The molecule has 1 amide bonds. The third-order valence-corrected chi connectivity index (χ3v) is 5.45. The number of likely N-dealkylation sites (N-methyl/N-ethyl adjacent to an activating group) is 1. The van der Waals surface area contributed by atoms with Gasteiger partial charge in [0.2, 0.25) is 0 Å². The average Bonchev–Trinajstić information content (AvgIpc) is 3.00. The molecule has 0 unspecified atom stereocenters. The molecule has 5 heteroatoms. The molecule has 1 aromatic heterocycles. The van der Waals surface area contributed by atoms with E-state index in [1.165, 1.54) is 25.7 Å². The average molecular weight is 340 g/mol. The van der Waals surface area contributed by atoms with Crippen LogP contribution in [0, 0.1) is 0 Å². The number of hydrogen-bond donors (Lipinski definition) is 2. The van der Waals surface area contributed by atoms with E-state index in [1.54, 1.807) is 0 Å². The van der Waals surface area contributed by atoms with Crippen molar-refractivity contribution < 1.29 is 4.79 Å². The molecule has 25 heavy (non-hydrogen) atoms. The number of rotatable bonds is 5. The first kappa shape index (κ1) is 17.7. The van der Waals surface area contributed by atoms with Gasteiger partial charge in [-0.15, -0.1) is 0 Å². The number of hydrogen-bond acceptors (Lipinski definition) is 3. The van der Waals surface area contributed by atoms with E-state index in [-0.39, 0.29) is 11.4 Å². The molecule has 5 nitrogen and oxygen atoms in total. The molecule has 3 rings (SSSR count). The summed E-state index contributed by atoms with van der Waals surface area (Å²) in [7, 11) is 4.25. The summed E-state index contributed by atoms with van der Waals surface area (Å²) in [5.74, 6) is -0.0832. The van der Waals surface area contributed by atoms with Crippen LogP contribution < -0.4 is 5.32 Å². The quantitative estimate of drug-likeness (QED) is 0.820.